The minimum absolute atomic E-state index is 0.0995. The normalized spacial score (nSPS) is 12.2. The fraction of sp³-hybridized carbons (Fsp3) is 0.412. The highest BCUT2D eigenvalue weighted by molar-refractivity contribution is 7.17. The molecule has 3 N–H and O–H groups in total. The molecule has 1 unspecified atom stereocenters. The van der Waals surface area contributed by atoms with E-state index in [0.29, 0.717) is 29.2 Å². The van der Waals surface area contributed by atoms with E-state index in [4.69, 9.17) is 4.74 Å². The lowest BCUT2D eigenvalue weighted by Gasteiger charge is -2.13. The smallest absolute Gasteiger partial charge is 0.275 e. The molecule has 0 radical (unpaired) electrons. The average Bonchev–Trinajstić information content (AvgIpc) is 2.99. The van der Waals surface area contributed by atoms with Gasteiger partial charge in [-0.05, 0) is 5.56 Å². The number of nitrogens with one attached hydrogen (secondary N) is 2. The standard InChI is InChI=1S/C17H23N3O3S/c1-12(2)18-9-14(21)11-23-17-19-10-16(24-17)20-15(22)8-13-6-4-3-5-7-13/h3-7,10,12,14,18,21H,8-9,11H2,1-2H3,(H,20,22). The van der Waals surface area contributed by atoms with Gasteiger partial charge in [0.25, 0.3) is 5.19 Å². The highest BCUT2D eigenvalue weighted by Crippen LogP contribution is 2.25. The first-order valence-corrected chi connectivity index (χ1v) is 8.68. The Morgan fingerprint density at radius 3 is 2.79 bits per heavy atom. The van der Waals surface area contributed by atoms with Gasteiger partial charge in [-0.1, -0.05) is 55.5 Å². The number of ether oxygens (including phenoxy) is 1. The van der Waals surface area contributed by atoms with Gasteiger partial charge >= 0.3 is 0 Å². The monoisotopic (exact) mass is 349 g/mol. The molecular formula is C17H23N3O3S. The molecule has 1 heterocycles. The molecule has 0 bridgehead atoms. The van der Waals surface area contributed by atoms with Crippen molar-refractivity contribution < 1.29 is 14.6 Å². The number of benzene rings is 1. The Balaban J connectivity index is 1.75. The maximum absolute atomic E-state index is 12.0. The van der Waals surface area contributed by atoms with Crippen molar-refractivity contribution in [3.8, 4) is 5.19 Å². The van der Waals surface area contributed by atoms with E-state index in [9.17, 15) is 9.90 Å². The molecule has 1 amide bonds. The molecule has 0 saturated carbocycles. The predicted molar refractivity (Wildman–Crippen MR) is 95.5 cm³/mol. The van der Waals surface area contributed by atoms with Crippen LogP contribution in [-0.2, 0) is 11.2 Å². The summed E-state index contributed by atoms with van der Waals surface area (Å²) in [6, 6.07) is 9.85. The Morgan fingerprint density at radius 1 is 1.33 bits per heavy atom. The third kappa shape index (κ3) is 6.66. The van der Waals surface area contributed by atoms with E-state index in [0.717, 1.165) is 5.56 Å². The molecule has 24 heavy (non-hydrogen) atoms. The molecule has 1 aromatic carbocycles. The zero-order valence-electron chi connectivity index (χ0n) is 13.9. The largest absolute Gasteiger partial charge is 0.467 e. The third-order valence-corrected chi connectivity index (χ3v) is 3.94. The minimum atomic E-state index is -0.604. The van der Waals surface area contributed by atoms with Crippen LogP contribution in [0.25, 0.3) is 0 Å². The maximum atomic E-state index is 12.0. The van der Waals surface area contributed by atoms with Crippen LogP contribution in [0.5, 0.6) is 5.19 Å². The minimum Gasteiger partial charge on any atom is -0.467 e. The molecule has 6 nitrogen and oxygen atoms in total. The van der Waals surface area contributed by atoms with Crippen LogP contribution < -0.4 is 15.4 Å². The SMILES string of the molecule is CC(C)NCC(O)COc1ncc(NC(=O)Cc2ccccc2)s1. The van der Waals surface area contributed by atoms with Crippen molar-refractivity contribution in [3.63, 3.8) is 0 Å². The zero-order valence-corrected chi connectivity index (χ0v) is 14.7. The summed E-state index contributed by atoms with van der Waals surface area (Å²) in [7, 11) is 0. The molecule has 0 spiro atoms. The molecular weight excluding hydrogens is 326 g/mol. The number of hydrogen-bond donors (Lipinski definition) is 3. The molecule has 1 aromatic heterocycles. The van der Waals surface area contributed by atoms with E-state index in [1.165, 1.54) is 11.3 Å². The predicted octanol–water partition coefficient (Wildman–Crippen LogP) is 2.06. The number of carbonyl (C=O) groups is 1. The van der Waals surface area contributed by atoms with E-state index >= 15 is 0 Å². The first kappa shape index (κ1) is 18.4. The van der Waals surface area contributed by atoms with Crippen LogP contribution in [0.1, 0.15) is 19.4 Å². The average molecular weight is 349 g/mol. The van der Waals surface area contributed by atoms with Crippen molar-refractivity contribution in [2.45, 2.75) is 32.4 Å². The summed E-state index contributed by atoms with van der Waals surface area (Å²) in [5.74, 6) is -0.0995. The van der Waals surface area contributed by atoms with Crippen LogP contribution in [0.3, 0.4) is 0 Å². The second-order valence-electron chi connectivity index (χ2n) is 5.73. The van der Waals surface area contributed by atoms with Crippen LogP contribution in [0.4, 0.5) is 5.00 Å². The summed E-state index contributed by atoms with van der Waals surface area (Å²) >= 11 is 1.24. The van der Waals surface area contributed by atoms with E-state index in [-0.39, 0.29) is 12.5 Å². The van der Waals surface area contributed by atoms with E-state index in [2.05, 4.69) is 15.6 Å². The topological polar surface area (TPSA) is 83.5 Å². The summed E-state index contributed by atoms with van der Waals surface area (Å²) in [4.78, 5) is 16.1. The highest BCUT2D eigenvalue weighted by Gasteiger charge is 2.10. The first-order valence-electron chi connectivity index (χ1n) is 7.87. The quantitative estimate of drug-likeness (QED) is 0.645. The van der Waals surface area contributed by atoms with Gasteiger partial charge in [-0.25, -0.2) is 4.98 Å². The van der Waals surface area contributed by atoms with Gasteiger partial charge < -0.3 is 20.5 Å². The van der Waals surface area contributed by atoms with E-state index in [1.54, 1.807) is 6.20 Å². The Labute approximate surface area is 145 Å². The van der Waals surface area contributed by atoms with E-state index in [1.807, 2.05) is 44.2 Å². The van der Waals surface area contributed by atoms with Crippen LogP contribution in [-0.4, -0.2) is 41.3 Å². The van der Waals surface area contributed by atoms with Gasteiger partial charge in [0.2, 0.25) is 5.91 Å². The Kier molecular flexibility index (Phi) is 7.17. The lowest BCUT2D eigenvalue weighted by Crippen LogP contribution is -2.35. The summed E-state index contributed by atoms with van der Waals surface area (Å²) in [6.45, 7) is 4.64. The number of amides is 1. The summed E-state index contributed by atoms with van der Waals surface area (Å²) in [5.41, 5.74) is 0.955. The fourth-order valence-electron chi connectivity index (χ4n) is 1.94. The first-order chi connectivity index (χ1) is 11.5. The van der Waals surface area contributed by atoms with Gasteiger partial charge in [0, 0.05) is 12.6 Å². The molecule has 0 fully saturated rings. The van der Waals surface area contributed by atoms with Gasteiger partial charge in [0.15, 0.2) is 0 Å². The molecule has 2 rings (SSSR count). The number of carbonyl (C=O) groups excluding carboxylic acids is 1. The van der Waals surface area contributed by atoms with Crippen molar-refractivity contribution in [2.75, 3.05) is 18.5 Å². The number of aliphatic hydroxyl groups is 1. The fourth-order valence-corrected chi connectivity index (χ4v) is 2.63. The molecule has 0 saturated heterocycles. The van der Waals surface area contributed by atoms with Gasteiger partial charge in [-0.2, -0.15) is 0 Å². The number of thiazole rings is 1. The number of nitrogens with zero attached hydrogens (tertiary/aromatic N) is 1. The number of rotatable bonds is 9. The molecule has 0 aliphatic heterocycles. The van der Waals surface area contributed by atoms with Crippen molar-refractivity contribution in [2.24, 2.45) is 0 Å². The Hall–Kier alpha value is -1.96. The molecule has 7 heteroatoms. The summed E-state index contributed by atoms with van der Waals surface area (Å²) in [5, 5.41) is 16.8. The van der Waals surface area contributed by atoms with Crippen molar-refractivity contribution in [3.05, 3.63) is 42.1 Å². The maximum Gasteiger partial charge on any atom is 0.275 e. The number of hydrogen-bond acceptors (Lipinski definition) is 6. The lowest BCUT2D eigenvalue weighted by molar-refractivity contribution is -0.115. The third-order valence-electron chi connectivity index (χ3n) is 3.12. The van der Waals surface area contributed by atoms with Crippen LogP contribution in [0.15, 0.2) is 36.5 Å². The zero-order chi connectivity index (χ0) is 17.4. The van der Waals surface area contributed by atoms with Crippen molar-refractivity contribution >= 4 is 22.2 Å². The van der Waals surface area contributed by atoms with E-state index < -0.39 is 6.10 Å². The number of aromatic nitrogens is 1. The molecule has 2 aromatic rings. The van der Waals surface area contributed by atoms with Gasteiger partial charge in [-0.15, -0.1) is 0 Å². The number of aliphatic hydroxyl groups excluding tert-OH is 1. The van der Waals surface area contributed by atoms with Crippen molar-refractivity contribution in [1.29, 1.82) is 0 Å². The second-order valence-corrected chi connectivity index (χ2v) is 6.72. The van der Waals surface area contributed by atoms with Crippen LogP contribution >= 0.6 is 11.3 Å². The van der Waals surface area contributed by atoms with Gasteiger partial charge in [0.05, 0.1) is 12.6 Å². The van der Waals surface area contributed by atoms with Gasteiger partial charge in [0.1, 0.15) is 17.7 Å². The summed E-state index contributed by atoms with van der Waals surface area (Å²) in [6.07, 6.45) is 1.27. The molecule has 0 aliphatic carbocycles. The number of anilines is 1. The van der Waals surface area contributed by atoms with Gasteiger partial charge in [-0.3, -0.25) is 4.79 Å². The lowest BCUT2D eigenvalue weighted by atomic mass is 10.1. The molecule has 130 valence electrons. The summed E-state index contributed by atoms with van der Waals surface area (Å²) < 4.78 is 5.45. The Morgan fingerprint density at radius 2 is 2.08 bits per heavy atom. The van der Waals surface area contributed by atoms with Crippen LogP contribution in [0, 0.1) is 0 Å². The molecule has 1 atom stereocenters. The second kappa shape index (κ2) is 9.36. The highest BCUT2D eigenvalue weighted by atomic mass is 32.1. The molecule has 0 aliphatic rings. The van der Waals surface area contributed by atoms with Crippen LogP contribution in [0.2, 0.25) is 0 Å². The Bertz CT molecular complexity index is 631. The van der Waals surface area contributed by atoms with Crippen molar-refractivity contribution in [1.82, 2.24) is 10.3 Å².